The zero-order chi connectivity index (χ0) is 20.4. The average Bonchev–Trinajstić information content (AvgIpc) is 2.77. The van der Waals surface area contributed by atoms with E-state index in [4.69, 9.17) is 9.47 Å². The van der Waals surface area contributed by atoms with Gasteiger partial charge < -0.3 is 14.6 Å². The summed E-state index contributed by atoms with van der Waals surface area (Å²) >= 11 is 0. The number of phenolic OH excluding ortho intramolecular Hbond substituents is 1. The molecule has 4 rings (SSSR count). The lowest BCUT2D eigenvalue weighted by Crippen LogP contribution is -2.05. The summed E-state index contributed by atoms with van der Waals surface area (Å²) in [6.45, 7) is 0. The smallest absolute Gasteiger partial charge is 0.194 e. The number of aromatic hydroxyl groups is 1. The van der Waals surface area contributed by atoms with Gasteiger partial charge in [-0.05, 0) is 64.9 Å². The lowest BCUT2D eigenvalue weighted by molar-refractivity contribution is 0.104. The van der Waals surface area contributed by atoms with Crippen molar-refractivity contribution >= 4 is 16.6 Å². The van der Waals surface area contributed by atoms with Gasteiger partial charge in [0.25, 0.3) is 0 Å². The maximum Gasteiger partial charge on any atom is 0.194 e. The van der Waals surface area contributed by atoms with Crippen LogP contribution in [0.25, 0.3) is 21.9 Å². The van der Waals surface area contributed by atoms with Crippen LogP contribution in [0.15, 0.2) is 78.9 Å². The number of carbonyl (C=O) groups excluding carboxylic acids is 1. The van der Waals surface area contributed by atoms with Gasteiger partial charge in [0.2, 0.25) is 0 Å². The van der Waals surface area contributed by atoms with Gasteiger partial charge >= 0.3 is 0 Å². The highest BCUT2D eigenvalue weighted by Gasteiger charge is 2.20. The molecular weight excluding hydrogens is 364 g/mol. The predicted octanol–water partition coefficient (Wildman–Crippen LogP) is 5.46. The zero-order valence-corrected chi connectivity index (χ0v) is 16.2. The molecule has 4 aromatic carbocycles. The molecule has 0 heterocycles. The third-order valence-electron chi connectivity index (χ3n) is 4.98. The Bertz CT molecular complexity index is 1190. The fourth-order valence-corrected chi connectivity index (χ4v) is 3.54. The maximum atomic E-state index is 13.6. The third-order valence-corrected chi connectivity index (χ3v) is 4.98. The van der Waals surface area contributed by atoms with Crippen LogP contribution < -0.4 is 9.47 Å². The molecule has 4 heteroatoms. The van der Waals surface area contributed by atoms with Crippen molar-refractivity contribution in [3.8, 4) is 28.4 Å². The minimum absolute atomic E-state index is 0.107. The maximum absolute atomic E-state index is 13.6. The summed E-state index contributed by atoms with van der Waals surface area (Å²) in [4.78, 5) is 13.6. The largest absolute Gasteiger partial charge is 0.508 e. The number of methoxy groups -OCH3 is 2. The van der Waals surface area contributed by atoms with Gasteiger partial charge in [-0.3, -0.25) is 4.79 Å². The summed E-state index contributed by atoms with van der Waals surface area (Å²) < 4.78 is 10.7. The molecule has 0 spiro atoms. The quantitative estimate of drug-likeness (QED) is 0.464. The Morgan fingerprint density at radius 3 is 2.28 bits per heavy atom. The molecule has 0 unspecified atom stereocenters. The van der Waals surface area contributed by atoms with Crippen molar-refractivity contribution in [3.05, 3.63) is 90.0 Å². The van der Waals surface area contributed by atoms with Gasteiger partial charge in [-0.15, -0.1) is 0 Å². The molecule has 0 bridgehead atoms. The molecule has 0 aliphatic carbocycles. The average molecular weight is 384 g/mol. The molecule has 0 saturated carbocycles. The van der Waals surface area contributed by atoms with Crippen molar-refractivity contribution in [2.24, 2.45) is 0 Å². The topological polar surface area (TPSA) is 55.8 Å². The predicted molar refractivity (Wildman–Crippen MR) is 114 cm³/mol. The molecule has 0 atom stereocenters. The number of ketones is 1. The number of fused-ring (bicyclic) bond motifs is 1. The van der Waals surface area contributed by atoms with E-state index in [1.807, 2.05) is 36.4 Å². The van der Waals surface area contributed by atoms with E-state index in [9.17, 15) is 9.90 Å². The van der Waals surface area contributed by atoms with E-state index in [-0.39, 0.29) is 11.5 Å². The molecule has 0 aliphatic heterocycles. The van der Waals surface area contributed by atoms with E-state index >= 15 is 0 Å². The first kappa shape index (κ1) is 18.6. The first-order valence-electron chi connectivity index (χ1n) is 9.20. The SMILES string of the molecule is COc1ccc(C(=O)c2c(-c3ccccc3OC)ccc3cc(O)ccc23)cc1. The van der Waals surface area contributed by atoms with Gasteiger partial charge in [-0.25, -0.2) is 0 Å². The van der Waals surface area contributed by atoms with Gasteiger partial charge in [-0.1, -0.05) is 30.3 Å². The van der Waals surface area contributed by atoms with E-state index in [0.717, 1.165) is 21.9 Å². The van der Waals surface area contributed by atoms with Gasteiger partial charge in [0, 0.05) is 16.7 Å². The van der Waals surface area contributed by atoms with Crippen LogP contribution in [0.4, 0.5) is 0 Å². The lowest BCUT2D eigenvalue weighted by Gasteiger charge is -2.15. The van der Waals surface area contributed by atoms with Crippen molar-refractivity contribution in [2.75, 3.05) is 14.2 Å². The fraction of sp³-hybridized carbons (Fsp3) is 0.0800. The van der Waals surface area contributed by atoms with E-state index in [2.05, 4.69) is 0 Å². The molecule has 29 heavy (non-hydrogen) atoms. The number of hydrogen-bond donors (Lipinski definition) is 1. The van der Waals surface area contributed by atoms with Crippen LogP contribution in [0.2, 0.25) is 0 Å². The van der Waals surface area contributed by atoms with Crippen molar-refractivity contribution in [3.63, 3.8) is 0 Å². The highest BCUT2D eigenvalue weighted by atomic mass is 16.5. The number of para-hydroxylation sites is 1. The number of phenols is 1. The van der Waals surface area contributed by atoms with Crippen molar-refractivity contribution in [1.29, 1.82) is 0 Å². The number of carbonyl (C=O) groups is 1. The van der Waals surface area contributed by atoms with Crippen LogP contribution in [-0.2, 0) is 0 Å². The number of rotatable bonds is 5. The molecule has 0 aliphatic rings. The number of ether oxygens (including phenoxy) is 2. The monoisotopic (exact) mass is 384 g/mol. The minimum atomic E-state index is -0.107. The standard InChI is InChI=1S/C25H20O4/c1-28-19-11-7-16(8-12-19)25(27)24-20-14-10-18(26)15-17(20)9-13-22(24)21-5-3-4-6-23(21)29-2/h3-15,26H,1-2H3. The highest BCUT2D eigenvalue weighted by molar-refractivity contribution is 6.20. The molecule has 0 aromatic heterocycles. The van der Waals surface area contributed by atoms with Crippen LogP contribution in [-0.4, -0.2) is 25.1 Å². The van der Waals surface area contributed by atoms with Crippen LogP contribution in [0, 0.1) is 0 Å². The summed E-state index contributed by atoms with van der Waals surface area (Å²) in [5.74, 6) is 1.43. The Morgan fingerprint density at radius 1 is 0.793 bits per heavy atom. The second kappa shape index (κ2) is 7.68. The van der Waals surface area contributed by atoms with E-state index < -0.39 is 0 Å². The molecule has 0 saturated heterocycles. The van der Waals surface area contributed by atoms with Crippen molar-refractivity contribution < 1.29 is 19.4 Å². The Balaban J connectivity index is 1.99. The second-order valence-corrected chi connectivity index (χ2v) is 6.65. The number of benzene rings is 4. The molecule has 144 valence electrons. The number of hydrogen-bond acceptors (Lipinski definition) is 4. The first-order valence-corrected chi connectivity index (χ1v) is 9.20. The summed E-state index contributed by atoms with van der Waals surface area (Å²) in [6, 6.07) is 23.5. The van der Waals surface area contributed by atoms with Crippen LogP contribution >= 0.6 is 0 Å². The third kappa shape index (κ3) is 3.41. The molecule has 4 aromatic rings. The summed E-state index contributed by atoms with van der Waals surface area (Å²) in [7, 11) is 3.21. The van der Waals surface area contributed by atoms with Gasteiger partial charge in [-0.2, -0.15) is 0 Å². The Morgan fingerprint density at radius 2 is 1.55 bits per heavy atom. The minimum Gasteiger partial charge on any atom is -0.508 e. The summed E-state index contributed by atoms with van der Waals surface area (Å²) in [5.41, 5.74) is 2.74. The molecule has 0 radical (unpaired) electrons. The molecule has 4 nitrogen and oxygen atoms in total. The first-order chi connectivity index (χ1) is 14.1. The van der Waals surface area contributed by atoms with Gasteiger partial charge in [0.05, 0.1) is 14.2 Å². The molecule has 1 N–H and O–H groups in total. The second-order valence-electron chi connectivity index (χ2n) is 6.65. The van der Waals surface area contributed by atoms with Crippen LogP contribution in [0.3, 0.4) is 0 Å². The van der Waals surface area contributed by atoms with Gasteiger partial charge in [0.1, 0.15) is 17.2 Å². The normalized spacial score (nSPS) is 10.7. The molecular formula is C25H20O4. The Labute approximate surface area is 169 Å². The summed E-state index contributed by atoms with van der Waals surface area (Å²) in [6.07, 6.45) is 0. The van der Waals surface area contributed by atoms with Gasteiger partial charge in [0.15, 0.2) is 5.78 Å². The van der Waals surface area contributed by atoms with Crippen LogP contribution in [0.5, 0.6) is 17.2 Å². The Hall–Kier alpha value is -3.79. The van der Waals surface area contributed by atoms with Crippen molar-refractivity contribution in [1.82, 2.24) is 0 Å². The molecule has 0 fully saturated rings. The van der Waals surface area contributed by atoms with E-state index in [1.54, 1.807) is 56.7 Å². The summed E-state index contributed by atoms with van der Waals surface area (Å²) in [5, 5.41) is 11.4. The highest BCUT2D eigenvalue weighted by Crippen LogP contribution is 2.37. The Kier molecular flexibility index (Phi) is 4.92. The van der Waals surface area contributed by atoms with E-state index in [0.29, 0.717) is 22.6 Å². The van der Waals surface area contributed by atoms with E-state index in [1.165, 1.54) is 0 Å². The van der Waals surface area contributed by atoms with Crippen LogP contribution in [0.1, 0.15) is 15.9 Å². The lowest BCUT2D eigenvalue weighted by atomic mass is 9.89. The zero-order valence-electron chi connectivity index (χ0n) is 16.2. The fourth-order valence-electron chi connectivity index (χ4n) is 3.54. The van der Waals surface area contributed by atoms with Crippen molar-refractivity contribution in [2.45, 2.75) is 0 Å². The molecule has 0 amide bonds.